The van der Waals surface area contributed by atoms with Crippen LogP contribution in [-0.4, -0.2) is 7.05 Å². The molecule has 0 fully saturated rings. The van der Waals surface area contributed by atoms with Gasteiger partial charge in [0, 0.05) is 0 Å². The van der Waals surface area contributed by atoms with E-state index in [1.807, 2.05) is 13.6 Å². The molecule has 0 aromatic carbocycles. The zero-order chi connectivity index (χ0) is 4.12. The van der Waals surface area contributed by atoms with Crippen LogP contribution < -0.4 is 24.2 Å². The van der Waals surface area contributed by atoms with Crippen LogP contribution in [0, 0.1) is 6.54 Å². The fourth-order valence-electron chi connectivity index (χ4n) is 0.204. The van der Waals surface area contributed by atoms with Crippen molar-refractivity contribution < 1.29 is 18.9 Å². The quantitative estimate of drug-likeness (QED) is 0.292. The van der Waals surface area contributed by atoms with Gasteiger partial charge in [0.05, 0.1) is 0 Å². The molecule has 0 radical (unpaired) electrons. The minimum Gasteiger partial charge on any atom is -0.472 e. The van der Waals surface area contributed by atoms with Crippen molar-refractivity contribution >= 4 is 0 Å². The molecule has 0 atom stereocenters. The van der Waals surface area contributed by atoms with Gasteiger partial charge in [0.2, 0.25) is 0 Å². The summed E-state index contributed by atoms with van der Waals surface area (Å²) in [5.41, 5.74) is 0. The Bertz CT molecular complexity index is 15.0. The summed E-state index contributed by atoms with van der Waals surface area (Å²) >= 11 is 0. The first-order chi connectivity index (χ1) is 2.41. The Kier molecular flexibility index (Phi) is 14.8. The second-order valence-electron chi connectivity index (χ2n) is 0.901. The van der Waals surface area contributed by atoms with Gasteiger partial charge in [-0.3, -0.25) is 6.54 Å². The molecule has 1 nitrogen and oxygen atoms in total. The Balaban J connectivity index is 0. The van der Waals surface area contributed by atoms with Crippen molar-refractivity contribution in [2.24, 2.45) is 0 Å². The zero-order valence-electron chi connectivity index (χ0n) is 4.78. The van der Waals surface area contributed by atoms with Crippen molar-refractivity contribution in [3.8, 4) is 0 Å². The van der Waals surface area contributed by atoms with E-state index in [-0.39, 0.29) is 18.9 Å². The smallest absolute Gasteiger partial charge is 0.472 e. The second kappa shape index (κ2) is 9.12. The topological polar surface area (TPSA) is 12.0 Å². The van der Waals surface area contributed by atoms with Crippen LogP contribution in [0.4, 0.5) is 0 Å². The molecular weight excluding hydrogens is 69.0 g/mol. The Morgan fingerprint density at radius 1 is 1.67 bits per heavy atom. The molecule has 32 valence electrons. The monoisotopic (exact) mass is 79.1 g/mol. The number of nitrogens with one attached hydrogen (secondary N) is 1. The fourth-order valence-corrected chi connectivity index (χ4v) is 0.204. The summed E-state index contributed by atoms with van der Waals surface area (Å²) in [6, 6.07) is 0. The van der Waals surface area contributed by atoms with Gasteiger partial charge in [-0.15, -0.1) is 0 Å². The molecule has 0 aromatic heterocycles. The molecule has 0 saturated carbocycles. The first-order valence-electron chi connectivity index (χ1n) is 1.90. The van der Waals surface area contributed by atoms with Crippen LogP contribution in [0.2, 0.25) is 0 Å². The molecule has 0 aliphatic heterocycles. The van der Waals surface area contributed by atoms with Gasteiger partial charge in [-0.1, -0.05) is 6.92 Å². The van der Waals surface area contributed by atoms with Gasteiger partial charge < -0.3 is 5.32 Å². The van der Waals surface area contributed by atoms with Gasteiger partial charge in [0.15, 0.2) is 0 Å². The summed E-state index contributed by atoms with van der Waals surface area (Å²) < 4.78 is 0. The fraction of sp³-hybridized carbons (Fsp3) is 0.750. The van der Waals surface area contributed by atoms with Crippen LogP contribution in [0.3, 0.4) is 0 Å². The average molecular weight is 79.1 g/mol. The SMILES string of the molecule is CC[CH-]NC.[Li+]. The molecular formula is C4H10LiN. The van der Waals surface area contributed by atoms with Gasteiger partial charge in [-0.25, -0.2) is 0 Å². The minimum absolute atomic E-state index is 0. The van der Waals surface area contributed by atoms with Crippen molar-refractivity contribution in [3.05, 3.63) is 6.54 Å². The van der Waals surface area contributed by atoms with Crippen LogP contribution >= 0.6 is 0 Å². The molecule has 0 unspecified atom stereocenters. The molecule has 0 heterocycles. The van der Waals surface area contributed by atoms with Crippen LogP contribution in [0.25, 0.3) is 0 Å². The predicted molar refractivity (Wildman–Crippen MR) is 23.7 cm³/mol. The maximum absolute atomic E-state index is 2.89. The van der Waals surface area contributed by atoms with E-state index >= 15 is 0 Å². The van der Waals surface area contributed by atoms with E-state index in [9.17, 15) is 0 Å². The van der Waals surface area contributed by atoms with Crippen molar-refractivity contribution in [2.45, 2.75) is 13.3 Å². The van der Waals surface area contributed by atoms with E-state index in [0.717, 1.165) is 6.42 Å². The third-order valence-electron chi connectivity index (χ3n) is 0.408. The zero-order valence-corrected chi connectivity index (χ0v) is 4.78. The average Bonchev–Trinajstić information content (AvgIpc) is 1.41. The van der Waals surface area contributed by atoms with Crippen molar-refractivity contribution in [2.75, 3.05) is 7.05 Å². The molecule has 0 amide bonds. The summed E-state index contributed by atoms with van der Waals surface area (Å²) in [7, 11) is 1.91. The van der Waals surface area contributed by atoms with Crippen molar-refractivity contribution in [3.63, 3.8) is 0 Å². The van der Waals surface area contributed by atoms with Gasteiger partial charge >= 0.3 is 18.9 Å². The Hall–Kier alpha value is 0.557. The molecule has 6 heavy (non-hydrogen) atoms. The summed E-state index contributed by atoms with van der Waals surface area (Å²) in [6.45, 7) is 4.09. The molecule has 0 spiro atoms. The number of hydrogen-bond acceptors (Lipinski definition) is 1. The second-order valence-corrected chi connectivity index (χ2v) is 0.901. The maximum atomic E-state index is 2.89. The van der Waals surface area contributed by atoms with E-state index < -0.39 is 0 Å². The van der Waals surface area contributed by atoms with Gasteiger partial charge in [-0.05, 0) is 7.05 Å². The molecule has 0 saturated heterocycles. The van der Waals surface area contributed by atoms with Gasteiger partial charge in [0.25, 0.3) is 0 Å². The Morgan fingerprint density at radius 2 is 2.17 bits per heavy atom. The van der Waals surface area contributed by atoms with Gasteiger partial charge in [0.1, 0.15) is 0 Å². The third-order valence-corrected chi connectivity index (χ3v) is 0.408. The first kappa shape index (κ1) is 9.75. The maximum Gasteiger partial charge on any atom is 1.00 e. The third kappa shape index (κ3) is 8.82. The molecule has 0 rings (SSSR count). The van der Waals surface area contributed by atoms with E-state index in [1.54, 1.807) is 0 Å². The molecule has 0 bridgehead atoms. The van der Waals surface area contributed by atoms with Crippen molar-refractivity contribution in [1.82, 2.24) is 5.32 Å². The van der Waals surface area contributed by atoms with Crippen molar-refractivity contribution in [1.29, 1.82) is 0 Å². The summed E-state index contributed by atoms with van der Waals surface area (Å²) in [6.07, 6.45) is 1.11. The summed E-state index contributed by atoms with van der Waals surface area (Å²) in [5, 5.41) is 2.89. The first-order valence-corrected chi connectivity index (χ1v) is 1.90. The number of rotatable bonds is 2. The molecule has 0 aliphatic carbocycles. The van der Waals surface area contributed by atoms with E-state index in [1.165, 1.54) is 0 Å². The summed E-state index contributed by atoms with van der Waals surface area (Å²) in [5.74, 6) is 0. The standard InChI is InChI=1S/C4H10N.Li/c1-3-4-5-2;/h4-5H,3H2,1-2H3;/q-1;+1. The summed E-state index contributed by atoms with van der Waals surface area (Å²) in [4.78, 5) is 0. The molecule has 1 N–H and O–H groups in total. The number of hydrogen-bond donors (Lipinski definition) is 1. The molecule has 0 aromatic rings. The van der Waals surface area contributed by atoms with E-state index in [4.69, 9.17) is 0 Å². The Morgan fingerprint density at radius 3 is 2.17 bits per heavy atom. The van der Waals surface area contributed by atoms with Crippen LogP contribution in [0.5, 0.6) is 0 Å². The Labute approximate surface area is 51.7 Å². The van der Waals surface area contributed by atoms with E-state index in [0.29, 0.717) is 0 Å². The van der Waals surface area contributed by atoms with Crippen LogP contribution in [0.1, 0.15) is 13.3 Å². The van der Waals surface area contributed by atoms with Gasteiger partial charge in [-0.2, -0.15) is 6.42 Å². The van der Waals surface area contributed by atoms with Crippen LogP contribution in [-0.2, 0) is 0 Å². The largest absolute Gasteiger partial charge is 1.00 e. The van der Waals surface area contributed by atoms with E-state index in [2.05, 4.69) is 12.2 Å². The normalized spacial score (nSPS) is 7.00. The molecule has 2 heteroatoms. The molecule has 0 aliphatic rings. The van der Waals surface area contributed by atoms with Crippen LogP contribution in [0.15, 0.2) is 0 Å². The predicted octanol–water partition coefficient (Wildman–Crippen LogP) is -2.22. The minimum atomic E-state index is 0.